The first kappa shape index (κ1) is 28.5. The van der Waals surface area contributed by atoms with Crippen molar-refractivity contribution in [2.24, 2.45) is 0 Å². The number of carbonyl (C=O) groups is 1. The fourth-order valence-electron chi connectivity index (χ4n) is 3.25. The average molecular weight is 577 g/mol. The summed E-state index contributed by atoms with van der Waals surface area (Å²) in [6.45, 7) is 10.9. The van der Waals surface area contributed by atoms with E-state index in [1.807, 2.05) is 13.8 Å². The number of aliphatic hydroxyl groups is 1. The minimum absolute atomic E-state index is 0.0134. The molecule has 0 aliphatic carbocycles. The van der Waals surface area contributed by atoms with Crippen molar-refractivity contribution in [2.45, 2.75) is 58.1 Å². The zero-order chi connectivity index (χ0) is 27.0. The third-order valence-electron chi connectivity index (χ3n) is 4.98. The topological polar surface area (TPSA) is 139 Å². The second-order valence-electron chi connectivity index (χ2n) is 8.66. The molecule has 0 unspecified atom stereocenters. The van der Waals surface area contributed by atoms with Gasteiger partial charge in [0.25, 0.3) is 11.8 Å². The second-order valence-corrected chi connectivity index (χ2v) is 12.1. The molecule has 3 rings (SSSR count). The van der Waals surface area contributed by atoms with Gasteiger partial charge in [-0.2, -0.15) is 0 Å². The van der Waals surface area contributed by atoms with E-state index in [0.29, 0.717) is 23.5 Å². The predicted molar refractivity (Wildman–Crippen MR) is 139 cm³/mol. The van der Waals surface area contributed by atoms with Crippen LogP contribution in [0.2, 0.25) is 10.0 Å². The van der Waals surface area contributed by atoms with Crippen LogP contribution in [0.25, 0.3) is 21.3 Å². The molecule has 2 N–H and O–H groups in total. The van der Waals surface area contributed by atoms with E-state index < -0.39 is 15.6 Å². The third kappa shape index (κ3) is 5.74. The van der Waals surface area contributed by atoms with E-state index in [-0.39, 0.29) is 49.4 Å². The first-order valence-electron chi connectivity index (χ1n) is 11.1. The number of hydrogen-bond donors (Lipinski definition) is 2. The van der Waals surface area contributed by atoms with E-state index >= 15 is 0 Å². The third-order valence-corrected chi connectivity index (χ3v) is 8.76. The molecule has 3 aromatic rings. The summed E-state index contributed by atoms with van der Waals surface area (Å²) in [5.41, 5.74) is -0.963. The Labute approximate surface area is 223 Å². The molecular formula is C22H27Cl2N5O5S2. The van der Waals surface area contributed by atoms with E-state index in [1.54, 1.807) is 18.7 Å². The van der Waals surface area contributed by atoms with Gasteiger partial charge in [0, 0.05) is 24.7 Å². The fraction of sp³-hybridized carbons (Fsp3) is 0.455. The number of sulfonamides is 1. The number of aromatic nitrogens is 3. The molecule has 10 nitrogen and oxygen atoms in total. The van der Waals surface area contributed by atoms with Gasteiger partial charge in [-0.3, -0.25) is 4.79 Å². The molecular weight excluding hydrogens is 549 g/mol. The molecule has 2 aromatic heterocycles. The molecule has 0 spiro atoms. The minimum atomic E-state index is -3.92. The molecule has 0 saturated carbocycles. The summed E-state index contributed by atoms with van der Waals surface area (Å²) in [7, 11) is -3.92. The average Bonchev–Trinajstić information content (AvgIpc) is 3.42. The molecule has 36 heavy (non-hydrogen) atoms. The lowest BCUT2D eigenvalue weighted by Gasteiger charge is -2.18. The van der Waals surface area contributed by atoms with Crippen LogP contribution in [0, 0.1) is 0 Å². The Balaban J connectivity index is 2.20. The largest absolute Gasteiger partial charge is 0.415 e. The number of thiazole rings is 1. The maximum Gasteiger partial charge on any atom is 0.276 e. The quantitative estimate of drug-likeness (QED) is 0.378. The van der Waals surface area contributed by atoms with Crippen molar-refractivity contribution in [1.82, 2.24) is 24.8 Å². The number of benzene rings is 1. The van der Waals surface area contributed by atoms with Crippen LogP contribution in [0.5, 0.6) is 0 Å². The summed E-state index contributed by atoms with van der Waals surface area (Å²) in [6.07, 6.45) is 0. The highest BCUT2D eigenvalue weighted by molar-refractivity contribution is 7.89. The molecule has 0 radical (unpaired) electrons. The second kappa shape index (κ2) is 10.7. The van der Waals surface area contributed by atoms with Crippen molar-refractivity contribution in [1.29, 1.82) is 0 Å². The van der Waals surface area contributed by atoms with Gasteiger partial charge >= 0.3 is 0 Å². The monoisotopic (exact) mass is 575 g/mol. The van der Waals surface area contributed by atoms with Crippen LogP contribution < -0.4 is 4.72 Å². The van der Waals surface area contributed by atoms with Gasteiger partial charge in [0.15, 0.2) is 5.01 Å². The van der Waals surface area contributed by atoms with Gasteiger partial charge < -0.3 is 14.4 Å². The van der Waals surface area contributed by atoms with Crippen molar-refractivity contribution in [2.75, 3.05) is 13.1 Å². The van der Waals surface area contributed by atoms with Gasteiger partial charge in [-0.15, -0.1) is 21.5 Å². The van der Waals surface area contributed by atoms with Crippen LogP contribution in [0.1, 0.15) is 57.9 Å². The van der Waals surface area contributed by atoms with Crippen molar-refractivity contribution in [3.8, 4) is 21.3 Å². The van der Waals surface area contributed by atoms with Crippen LogP contribution in [-0.4, -0.2) is 58.6 Å². The number of nitrogens with zero attached hydrogens (tertiary/aromatic N) is 4. The molecule has 14 heteroatoms. The highest BCUT2D eigenvalue weighted by Crippen LogP contribution is 2.43. The van der Waals surface area contributed by atoms with Crippen LogP contribution >= 0.6 is 34.5 Å². The van der Waals surface area contributed by atoms with Crippen LogP contribution in [0.3, 0.4) is 0 Å². The number of hydrogen-bond acceptors (Lipinski definition) is 9. The van der Waals surface area contributed by atoms with Crippen LogP contribution in [0.4, 0.5) is 0 Å². The van der Waals surface area contributed by atoms with Gasteiger partial charge in [-0.25, -0.2) is 18.1 Å². The van der Waals surface area contributed by atoms with E-state index in [0.717, 1.165) is 11.3 Å². The Morgan fingerprint density at radius 1 is 1.19 bits per heavy atom. The number of nitrogens with one attached hydrogen (secondary N) is 1. The molecule has 1 amide bonds. The smallest absolute Gasteiger partial charge is 0.276 e. The standard InChI is InChI=1S/C22H27Cl2N5O5S2/c1-7-29(8-2)20(30)16-17(35-19(25-16)18-26-27-21(34-18)22(5,6)31)12-9-10-13(15(24)14(12)23)36(32,33)28-11(3)4/h9-11,28,31H,7-8H2,1-6H3. The minimum Gasteiger partial charge on any atom is -0.415 e. The molecule has 1 aromatic carbocycles. The molecule has 196 valence electrons. The summed E-state index contributed by atoms with van der Waals surface area (Å²) in [5, 5.41) is 18.0. The summed E-state index contributed by atoms with van der Waals surface area (Å²) in [5.74, 6) is -0.358. The van der Waals surface area contributed by atoms with Gasteiger partial charge in [0.2, 0.25) is 15.9 Å². The van der Waals surface area contributed by atoms with Gasteiger partial charge in [-0.05, 0) is 47.6 Å². The number of halogens is 2. The highest BCUT2D eigenvalue weighted by Gasteiger charge is 2.30. The molecule has 0 fully saturated rings. The Bertz CT molecular complexity index is 1380. The Hall–Kier alpha value is -2.09. The first-order valence-corrected chi connectivity index (χ1v) is 14.1. The summed E-state index contributed by atoms with van der Waals surface area (Å²) in [4.78, 5) is 19.6. The van der Waals surface area contributed by atoms with E-state index in [2.05, 4.69) is 19.9 Å². The van der Waals surface area contributed by atoms with Crippen LogP contribution in [0.15, 0.2) is 21.4 Å². The molecule has 0 atom stereocenters. The first-order chi connectivity index (χ1) is 16.7. The van der Waals surface area contributed by atoms with Crippen molar-refractivity contribution in [3.05, 3.63) is 33.8 Å². The van der Waals surface area contributed by atoms with Gasteiger partial charge in [0.05, 0.1) is 14.9 Å². The normalized spacial score (nSPS) is 12.4. The van der Waals surface area contributed by atoms with Crippen LogP contribution in [-0.2, 0) is 15.6 Å². The van der Waals surface area contributed by atoms with Crippen molar-refractivity contribution < 1.29 is 22.7 Å². The van der Waals surface area contributed by atoms with E-state index in [4.69, 9.17) is 27.6 Å². The maximum atomic E-state index is 13.3. The number of rotatable bonds is 9. The molecule has 0 aliphatic heterocycles. The predicted octanol–water partition coefficient (Wildman–Crippen LogP) is 4.56. The lowest BCUT2D eigenvalue weighted by atomic mass is 10.1. The molecule has 0 aliphatic rings. The van der Waals surface area contributed by atoms with Gasteiger partial charge in [0.1, 0.15) is 16.2 Å². The van der Waals surface area contributed by atoms with Crippen molar-refractivity contribution in [3.63, 3.8) is 0 Å². The molecule has 2 heterocycles. The molecule has 0 bridgehead atoms. The zero-order valence-corrected chi connectivity index (χ0v) is 23.7. The fourth-order valence-corrected chi connectivity index (χ4v) is 6.43. The van der Waals surface area contributed by atoms with Gasteiger partial charge in [-0.1, -0.05) is 29.3 Å². The zero-order valence-electron chi connectivity index (χ0n) is 20.6. The van der Waals surface area contributed by atoms with E-state index in [1.165, 1.54) is 26.0 Å². The highest BCUT2D eigenvalue weighted by atomic mass is 35.5. The maximum absolute atomic E-state index is 13.3. The van der Waals surface area contributed by atoms with Crippen molar-refractivity contribution >= 4 is 50.5 Å². The molecule has 0 saturated heterocycles. The Kier molecular flexibility index (Phi) is 8.48. The summed E-state index contributed by atoms with van der Waals surface area (Å²) < 4.78 is 33.5. The number of amides is 1. The Morgan fingerprint density at radius 3 is 2.36 bits per heavy atom. The summed E-state index contributed by atoms with van der Waals surface area (Å²) in [6, 6.07) is 2.46. The SMILES string of the molecule is CCN(CC)C(=O)c1nc(-c2nnc(C(C)(C)O)o2)sc1-c1ccc(S(=O)(=O)NC(C)C)c(Cl)c1Cl. The van der Waals surface area contributed by atoms with E-state index in [9.17, 15) is 18.3 Å². The Morgan fingerprint density at radius 2 is 1.83 bits per heavy atom. The summed E-state index contributed by atoms with van der Waals surface area (Å²) >= 11 is 14.0. The number of carbonyl (C=O) groups excluding carboxylic acids is 1. The lowest BCUT2D eigenvalue weighted by Crippen LogP contribution is -2.31. The lowest BCUT2D eigenvalue weighted by molar-refractivity contribution is 0.0487.